The van der Waals surface area contributed by atoms with Crippen LogP contribution in [0.15, 0.2) is 71.9 Å². The van der Waals surface area contributed by atoms with Gasteiger partial charge in [0.15, 0.2) is 0 Å². The molecule has 1 saturated heterocycles. The number of carbonyl (C=O) groups excluding carboxylic acids is 1. The number of amides is 1. The maximum Gasteiger partial charge on any atom is 0.409 e. The molecule has 4 aliphatic rings. The van der Waals surface area contributed by atoms with Crippen molar-refractivity contribution in [2.45, 2.75) is 108 Å². The highest BCUT2D eigenvalue weighted by Gasteiger charge is 2.65. The van der Waals surface area contributed by atoms with Crippen molar-refractivity contribution in [3.8, 4) is 11.5 Å². The molecule has 0 radical (unpaired) electrons. The highest BCUT2D eigenvalue weighted by Crippen LogP contribution is 2.62. The van der Waals surface area contributed by atoms with Crippen LogP contribution in [0.3, 0.4) is 0 Å². The van der Waals surface area contributed by atoms with Gasteiger partial charge in [-0.15, -0.1) is 6.58 Å². The molecule has 2 aliphatic carbocycles. The summed E-state index contributed by atoms with van der Waals surface area (Å²) in [5.41, 5.74) is 3.00. The second kappa shape index (κ2) is 19.9. The van der Waals surface area contributed by atoms with E-state index in [0.717, 1.165) is 56.1 Å². The van der Waals surface area contributed by atoms with Crippen LogP contribution in [0.2, 0.25) is 0 Å². The molecule has 0 aromatic heterocycles. The number of halogens is 1. The first-order valence-electron chi connectivity index (χ1n) is 20.5. The lowest BCUT2D eigenvalue weighted by molar-refractivity contribution is -0.255. The van der Waals surface area contributed by atoms with Crippen LogP contribution in [-0.2, 0) is 25.7 Å². The second-order valence-corrected chi connectivity index (χ2v) is 15.2. The lowest BCUT2D eigenvalue weighted by Crippen LogP contribution is -2.70. The summed E-state index contributed by atoms with van der Waals surface area (Å²) in [4.78, 5) is 21.6. The molecule has 2 aromatic carbocycles. The van der Waals surface area contributed by atoms with E-state index in [4.69, 9.17) is 33.7 Å². The van der Waals surface area contributed by atoms with Gasteiger partial charge in [0.25, 0.3) is 0 Å². The molecule has 1 saturated carbocycles. The zero-order chi connectivity index (χ0) is 39.5. The minimum Gasteiger partial charge on any atom is -0.489 e. The van der Waals surface area contributed by atoms with Gasteiger partial charge in [-0.2, -0.15) is 0 Å². The minimum absolute atomic E-state index is 0.0468. The molecule has 2 N–H and O–H groups in total. The molecular weight excluding hydrogens is 719 g/mol. The monoisotopic (exact) mass is 778 g/mol. The molecule has 6 rings (SSSR count). The number of methoxy groups -OCH3 is 1. The molecule has 1 amide bonds. The maximum atomic E-state index is 14.7. The van der Waals surface area contributed by atoms with Gasteiger partial charge < -0.3 is 38.7 Å². The van der Waals surface area contributed by atoms with E-state index in [1.54, 1.807) is 29.2 Å². The zero-order valence-electron chi connectivity index (χ0n) is 32.9. The Morgan fingerprint density at radius 3 is 2.62 bits per heavy atom. The summed E-state index contributed by atoms with van der Waals surface area (Å²) in [5, 5.41) is 24.6. The number of allylic oxidation sites excluding steroid dienone is 1. The number of ether oxygens (including phenoxy) is 5. The third kappa shape index (κ3) is 9.09. The Balaban J connectivity index is 1.55. The minimum atomic E-state index is -1.39. The SMILES string of the molecule is C=CCOC12Oc3ccc(OCc4ccccc4F)cc3C3C(CCCCO)C(CCCCO)C=C(C(=NOC4CCCCO4)CC1N(CCC)C(=O)OC)C32. The molecule has 56 heavy (non-hydrogen) atoms. The normalized spacial score (nSPS) is 27.3. The molecule has 2 fully saturated rings. The number of oxime groups is 1. The topological polar surface area (TPSA) is 129 Å². The van der Waals surface area contributed by atoms with E-state index in [9.17, 15) is 19.4 Å². The van der Waals surface area contributed by atoms with Crippen LogP contribution in [0.5, 0.6) is 11.5 Å². The van der Waals surface area contributed by atoms with Gasteiger partial charge in [-0.25, -0.2) is 9.18 Å². The van der Waals surface area contributed by atoms with Gasteiger partial charge in [0, 0.05) is 49.6 Å². The molecule has 0 bridgehead atoms. The molecule has 7 unspecified atom stereocenters. The Morgan fingerprint density at radius 2 is 1.91 bits per heavy atom. The molecule has 2 aliphatic heterocycles. The number of fused-ring (bicyclic) bond motifs is 2. The number of aliphatic hydroxyl groups is 2. The number of hydrogen-bond donors (Lipinski definition) is 2. The number of nitrogens with zero attached hydrogens (tertiary/aromatic N) is 2. The number of benzene rings is 2. The van der Waals surface area contributed by atoms with Gasteiger partial charge in [-0.1, -0.05) is 55.3 Å². The predicted octanol–water partition coefficient (Wildman–Crippen LogP) is 8.04. The summed E-state index contributed by atoms with van der Waals surface area (Å²) in [6.45, 7) is 7.38. The smallest absolute Gasteiger partial charge is 0.409 e. The molecule has 7 atom stereocenters. The second-order valence-electron chi connectivity index (χ2n) is 15.2. The molecule has 306 valence electrons. The van der Waals surface area contributed by atoms with Crippen molar-refractivity contribution in [1.82, 2.24) is 4.90 Å². The largest absolute Gasteiger partial charge is 0.489 e. The first-order valence-corrected chi connectivity index (χ1v) is 20.5. The van der Waals surface area contributed by atoms with Crippen LogP contribution in [0.1, 0.15) is 94.6 Å². The van der Waals surface area contributed by atoms with E-state index in [1.165, 1.54) is 13.2 Å². The van der Waals surface area contributed by atoms with Crippen LogP contribution in [0.25, 0.3) is 0 Å². The summed E-state index contributed by atoms with van der Waals surface area (Å²) >= 11 is 0. The van der Waals surface area contributed by atoms with Crippen LogP contribution < -0.4 is 9.47 Å². The predicted molar refractivity (Wildman–Crippen MR) is 210 cm³/mol. The highest BCUT2D eigenvalue weighted by molar-refractivity contribution is 6.03. The van der Waals surface area contributed by atoms with E-state index >= 15 is 0 Å². The molecule has 2 aromatic rings. The van der Waals surface area contributed by atoms with E-state index < -0.39 is 30.1 Å². The molecule has 11 nitrogen and oxygen atoms in total. The first-order chi connectivity index (χ1) is 27.4. The number of unbranched alkanes of at least 4 members (excludes halogenated alkanes) is 2. The van der Waals surface area contributed by atoms with Crippen molar-refractivity contribution in [2.24, 2.45) is 22.9 Å². The zero-order valence-corrected chi connectivity index (χ0v) is 32.9. The number of hydrogen-bond acceptors (Lipinski definition) is 10. The summed E-state index contributed by atoms with van der Waals surface area (Å²) in [7, 11) is 1.38. The van der Waals surface area contributed by atoms with Gasteiger partial charge >= 0.3 is 6.09 Å². The quantitative estimate of drug-likeness (QED) is 0.0828. The summed E-state index contributed by atoms with van der Waals surface area (Å²) in [6, 6.07) is 11.6. The van der Waals surface area contributed by atoms with Crippen molar-refractivity contribution < 1.29 is 47.9 Å². The number of aliphatic hydroxyl groups excluding tert-OH is 2. The Hall–Kier alpha value is -3.97. The average molecular weight is 779 g/mol. The van der Waals surface area contributed by atoms with Crippen molar-refractivity contribution in [3.05, 3.63) is 83.7 Å². The van der Waals surface area contributed by atoms with Crippen LogP contribution in [0.4, 0.5) is 9.18 Å². The summed E-state index contributed by atoms with van der Waals surface area (Å²) in [6.07, 6.45) is 11.2. The van der Waals surface area contributed by atoms with Gasteiger partial charge in [-0.05, 0) is 86.6 Å². The standard InChI is InChI=1S/C44H59FN2O9/c1-4-21-47(43(50)51-3)39-28-37(46-56-40-18-10-13-25-52-40)34-26-30(14-8-11-22-48)33(16-9-12-23-49)41-35-27-32(53-29-31-15-6-7-17-36(31)45)19-20-38(35)55-44(39,42(34)41)54-24-5-2/h5-7,15,17,19-20,26-27,30,33,39-42,48-49H,2,4,8-14,16,18,21-25,28-29H2,1,3H3. The van der Waals surface area contributed by atoms with Gasteiger partial charge in [-0.3, -0.25) is 4.90 Å². The Kier molecular flexibility index (Phi) is 14.8. The van der Waals surface area contributed by atoms with Gasteiger partial charge in [0.1, 0.15) is 30.0 Å². The van der Waals surface area contributed by atoms with Crippen molar-refractivity contribution in [2.75, 3.05) is 40.1 Å². The van der Waals surface area contributed by atoms with E-state index in [-0.39, 0.29) is 56.4 Å². The van der Waals surface area contributed by atoms with E-state index in [2.05, 4.69) is 12.7 Å². The third-order valence-electron chi connectivity index (χ3n) is 11.7. The van der Waals surface area contributed by atoms with Gasteiger partial charge in [0.05, 0.1) is 32.0 Å². The number of rotatable bonds is 19. The van der Waals surface area contributed by atoms with Crippen molar-refractivity contribution in [3.63, 3.8) is 0 Å². The van der Waals surface area contributed by atoms with Crippen LogP contribution in [0, 0.1) is 23.6 Å². The van der Waals surface area contributed by atoms with Crippen LogP contribution >= 0.6 is 0 Å². The Bertz CT molecular complexity index is 1680. The highest BCUT2D eigenvalue weighted by atomic mass is 19.1. The summed E-state index contributed by atoms with van der Waals surface area (Å²) < 4.78 is 46.4. The Morgan fingerprint density at radius 1 is 1.11 bits per heavy atom. The fourth-order valence-electron chi connectivity index (χ4n) is 9.16. The molecule has 2 heterocycles. The number of carbonyl (C=O) groups is 1. The van der Waals surface area contributed by atoms with E-state index in [0.29, 0.717) is 55.2 Å². The molecular formula is C44H59FN2O9. The third-order valence-corrected chi connectivity index (χ3v) is 11.7. The first kappa shape index (κ1) is 41.7. The average Bonchev–Trinajstić information content (AvgIpc) is 3.22. The van der Waals surface area contributed by atoms with Crippen molar-refractivity contribution >= 4 is 11.8 Å². The lowest BCUT2D eigenvalue weighted by atomic mass is 9.55. The molecule has 0 spiro atoms. The van der Waals surface area contributed by atoms with E-state index in [1.807, 2.05) is 25.1 Å². The fourth-order valence-corrected chi connectivity index (χ4v) is 9.16. The lowest BCUT2D eigenvalue weighted by Gasteiger charge is -2.59. The molecule has 12 heteroatoms. The van der Waals surface area contributed by atoms with Gasteiger partial charge in [0.2, 0.25) is 12.1 Å². The Labute approximate surface area is 330 Å². The maximum absolute atomic E-state index is 14.7. The van der Waals surface area contributed by atoms with Crippen LogP contribution in [-0.4, -0.2) is 85.1 Å². The van der Waals surface area contributed by atoms with Crippen molar-refractivity contribution in [1.29, 1.82) is 0 Å². The summed E-state index contributed by atoms with van der Waals surface area (Å²) in [5.74, 6) is -1.12. The fraction of sp³-hybridized carbons (Fsp3) is 0.591.